The maximum atomic E-state index is 4.22. The predicted octanol–water partition coefficient (Wildman–Crippen LogP) is 1.75. The van der Waals surface area contributed by atoms with Crippen molar-refractivity contribution in [2.75, 3.05) is 33.2 Å². The second-order valence-corrected chi connectivity index (χ2v) is 4.99. The Bertz CT molecular complexity index is 331. The summed E-state index contributed by atoms with van der Waals surface area (Å²) in [7, 11) is 1.81. The first-order chi connectivity index (χ1) is 8.80. The molecule has 2 N–H and O–H groups in total. The monoisotopic (exact) mass is 268 g/mol. The summed E-state index contributed by atoms with van der Waals surface area (Å²) in [6.07, 6.45) is 0. The van der Waals surface area contributed by atoms with Crippen LogP contribution in [0.2, 0.25) is 0 Å². The Kier molecular flexibility index (Phi) is 7.44. The molecule has 0 spiro atoms. The first kappa shape index (κ1) is 15.0. The summed E-state index contributed by atoms with van der Waals surface area (Å²) in [6, 6.07) is 4.19. The normalized spacial score (nSPS) is 11.9. The number of rotatable bonds is 7. The van der Waals surface area contributed by atoms with Gasteiger partial charge in [-0.05, 0) is 24.5 Å². The zero-order valence-electron chi connectivity index (χ0n) is 11.6. The molecule has 0 fully saturated rings. The van der Waals surface area contributed by atoms with E-state index in [1.54, 1.807) is 18.4 Å². The summed E-state index contributed by atoms with van der Waals surface area (Å²) in [4.78, 5) is 7.93. The molecule has 0 aliphatic rings. The number of thiophene rings is 1. The maximum absolute atomic E-state index is 4.22. The molecule has 0 bridgehead atoms. The Balaban J connectivity index is 2.22. The average molecular weight is 268 g/mol. The molecule has 0 saturated carbocycles. The summed E-state index contributed by atoms with van der Waals surface area (Å²) in [5, 5.41) is 8.74. The molecule has 0 atom stereocenters. The Labute approximate surface area is 114 Å². The van der Waals surface area contributed by atoms with Gasteiger partial charge in [0.15, 0.2) is 5.96 Å². The largest absolute Gasteiger partial charge is 0.355 e. The fourth-order valence-electron chi connectivity index (χ4n) is 1.68. The van der Waals surface area contributed by atoms with E-state index in [-0.39, 0.29) is 0 Å². The van der Waals surface area contributed by atoms with Gasteiger partial charge in [-0.15, -0.1) is 11.3 Å². The molecule has 0 saturated heterocycles. The van der Waals surface area contributed by atoms with Gasteiger partial charge in [0, 0.05) is 25.0 Å². The number of aliphatic imine (C=N–C) groups is 1. The minimum Gasteiger partial charge on any atom is -0.355 e. The number of hydrogen-bond acceptors (Lipinski definition) is 3. The lowest BCUT2D eigenvalue weighted by atomic mass is 10.4. The summed E-state index contributed by atoms with van der Waals surface area (Å²) < 4.78 is 0. The lowest BCUT2D eigenvalue weighted by Gasteiger charge is -2.19. The molecule has 1 aromatic rings. The molecule has 5 heteroatoms. The van der Waals surface area contributed by atoms with Crippen molar-refractivity contribution in [2.24, 2.45) is 4.99 Å². The van der Waals surface area contributed by atoms with Crippen molar-refractivity contribution >= 4 is 17.3 Å². The lowest BCUT2D eigenvalue weighted by molar-refractivity contribution is 0.308. The number of nitrogens with zero attached hydrogens (tertiary/aromatic N) is 2. The fourth-order valence-corrected chi connectivity index (χ4v) is 2.32. The van der Waals surface area contributed by atoms with Crippen molar-refractivity contribution in [3.8, 4) is 0 Å². The minimum absolute atomic E-state index is 0.836. The molecule has 1 aromatic heterocycles. The number of nitrogens with one attached hydrogen (secondary N) is 2. The van der Waals surface area contributed by atoms with E-state index in [9.17, 15) is 0 Å². The summed E-state index contributed by atoms with van der Waals surface area (Å²) in [6.45, 7) is 9.38. The molecule has 0 aliphatic carbocycles. The third-order valence-electron chi connectivity index (χ3n) is 2.85. The highest BCUT2D eigenvalue weighted by Gasteiger charge is 2.01. The molecular formula is C13H24N4S. The Hall–Kier alpha value is -1.07. The predicted molar refractivity (Wildman–Crippen MR) is 80.3 cm³/mol. The first-order valence-corrected chi connectivity index (χ1v) is 7.37. The zero-order chi connectivity index (χ0) is 13.2. The van der Waals surface area contributed by atoms with Gasteiger partial charge in [-0.1, -0.05) is 19.9 Å². The molecule has 0 amide bonds. The fraction of sp³-hybridized carbons (Fsp3) is 0.615. The van der Waals surface area contributed by atoms with E-state index in [1.807, 2.05) is 0 Å². The van der Waals surface area contributed by atoms with Crippen LogP contribution in [0, 0.1) is 0 Å². The zero-order valence-corrected chi connectivity index (χ0v) is 12.4. The minimum atomic E-state index is 0.836. The molecule has 1 heterocycles. The van der Waals surface area contributed by atoms with Gasteiger partial charge in [0.25, 0.3) is 0 Å². The molecule has 0 aromatic carbocycles. The molecule has 18 heavy (non-hydrogen) atoms. The topological polar surface area (TPSA) is 39.7 Å². The standard InChI is InChI=1S/C13H24N4S/c1-4-17(5-2)9-8-15-13(14-3)16-11-12-7-6-10-18-12/h6-7,10H,4-5,8-9,11H2,1-3H3,(H2,14,15,16). The van der Waals surface area contributed by atoms with Crippen molar-refractivity contribution in [1.82, 2.24) is 15.5 Å². The second kappa shape index (κ2) is 8.94. The SMILES string of the molecule is CCN(CC)CCNC(=NC)NCc1cccs1. The van der Waals surface area contributed by atoms with Gasteiger partial charge in [0.2, 0.25) is 0 Å². The number of guanidine groups is 1. The highest BCUT2D eigenvalue weighted by molar-refractivity contribution is 7.09. The van der Waals surface area contributed by atoms with E-state index in [1.165, 1.54) is 4.88 Å². The molecule has 0 radical (unpaired) electrons. The van der Waals surface area contributed by atoms with Crippen molar-refractivity contribution in [1.29, 1.82) is 0 Å². The highest BCUT2D eigenvalue weighted by atomic mass is 32.1. The maximum Gasteiger partial charge on any atom is 0.191 e. The third kappa shape index (κ3) is 5.51. The van der Waals surface area contributed by atoms with E-state index in [0.717, 1.165) is 38.7 Å². The van der Waals surface area contributed by atoms with Crippen LogP contribution in [0.1, 0.15) is 18.7 Å². The van der Waals surface area contributed by atoms with Gasteiger partial charge >= 0.3 is 0 Å². The van der Waals surface area contributed by atoms with Crippen molar-refractivity contribution < 1.29 is 0 Å². The number of likely N-dealkylation sites (N-methyl/N-ethyl adjacent to an activating group) is 1. The molecule has 0 unspecified atom stereocenters. The van der Waals surface area contributed by atoms with Crippen LogP contribution in [0.3, 0.4) is 0 Å². The molecule has 0 aliphatic heterocycles. The summed E-state index contributed by atoms with van der Waals surface area (Å²) in [5.41, 5.74) is 0. The Morgan fingerprint density at radius 1 is 1.33 bits per heavy atom. The average Bonchev–Trinajstić information content (AvgIpc) is 2.91. The van der Waals surface area contributed by atoms with Crippen LogP contribution in [0.25, 0.3) is 0 Å². The van der Waals surface area contributed by atoms with Gasteiger partial charge in [0.1, 0.15) is 0 Å². The van der Waals surface area contributed by atoms with Gasteiger partial charge in [-0.2, -0.15) is 0 Å². The first-order valence-electron chi connectivity index (χ1n) is 6.49. The molecule has 4 nitrogen and oxygen atoms in total. The van der Waals surface area contributed by atoms with Crippen LogP contribution in [0.5, 0.6) is 0 Å². The number of hydrogen-bond donors (Lipinski definition) is 2. The summed E-state index contributed by atoms with van der Waals surface area (Å²) >= 11 is 1.76. The second-order valence-electron chi connectivity index (χ2n) is 3.96. The summed E-state index contributed by atoms with van der Waals surface area (Å²) in [5.74, 6) is 0.871. The van der Waals surface area contributed by atoms with Gasteiger partial charge in [-0.3, -0.25) is 4.99 Å². The lowest BCUT2D eigenvalue weighted by Crippen LogP contribution is -2.41. The van der Waals surface area contributed by atoms with Crippen molar-refractivity contribution in [2.45, 2.75) is 20.4 Å². The van der Waals surface area contributed by atoms with Gasteiger partial charge in [0.05, 0.1) is 6.54 Å². The van der Waals surface area contributed by atoms with Crippen LogP contribution in [-0.2, 0) is 6.54 Å². The highest BCUT2D eigenvalue weighted by Crippen LogP contribution is 2.06. The van der Waals surface area contributed by atoms with E-state index in [0.29, 0.717) is 0 Å². The van der Waals surface area contributed by atoms with E-state index < -0.39 is 0 Å². The van der Waals surface area contributed by atoms with E-state index >= 15 is 0 Å². The van der Waals surface area contributed by atoms with Crippen LogP contribution < -0.4 is 10.6 Å². The van der Waals surface area contributed by atoms with Crippen molar-refractivity contribution in [3.05, 3.63) is 22.4 Å². The molecule has 102 valence electrons. The molecule has 1 rings (SSSR count). The molecular weight excluding hydrogens is 244 g/mol. The van der Waals surface area contributed by atoms with Crippen molar-refractivity contribution in [3.63, 3.8) is 0 Å². The van der Waals surface area contributed by atoms with Crippen LogP contribution >= 0.6 is 11.3 Å². The van der Waals surface area contributed by atoms with Crippen LogP contribution in [-0.4, -0.2) is 44.1 Å². The van der Waals surface area contributed by atoms with Crippen LogP contribution in [0.15, 0.2) is 22.5 Å². The van der Waals surface area contributed by atoms with E-state index in [2.05, 4.69) is 51.9 Å². The third-order valence-corrected chi connectivity index (χ3v) is 3.73. The van der Waals surface area contributed by atoms with Gasteiger partial charge < -0.3 is 15.5 Å². The van der Waals surface area contributed by atoms with Crippen LogP contribution in [0.4, 0.5) is 0 Å². The van der Waals surface area contributed by atoms with E-state index in [4.69, 9.17) is 0 Å². The Morgan fingerprint density at radius 3 is 2.67 bits per heavy atom. The van der Waals surface area contributed by atoms with Gasteiger partial charge in [-0.25, -0.2) is 0 Å². The quantitative estimate of drug-likeness (QED) is 0.585. The Morgan fingerprint density at radius 2 is 2.11 bits per heavy atom. The smallest absolute Gasteiger partial charge is 0.191 e.